The quantitative estimate of drug-likeness (QED) is 0.154. The molecule has 47 heavy (non-hydrogen) atoms. The lowest BCUT2D eigenvalue weighted by Crippen LogP contribution is -2.38. The van der Waals surface area contributed by atoms with Crippen LogP contribution in [0.15, 0.2) is 95.8 Å². The van der Waals surface area contributed by atoms with Crippen LogP contribution in [-0.4, -0.2) is 38.8 Å². The third kappa shape index (κ3) is 7.35. The van der Waals surface area contributed by atoms with Crippen LogP contribution in [0, 0.1) is 5.92 Å². The van der Waals surface area contributed by atoms with Gasteiger partial charge in [-0.3, -0.25) is 13.9 Å². The minimum atomic E-state index is -0.492. The van der Waals surface area contributed by atoms with Gasteiger partial charge in [-0.05, 0) is 75.9 Å². The maximum absolute atomic E-state index is 14.0. The predicted octanol–water partition coefficient (Wildman–Crippen LogP) is 6.92. The first-order valence-electron chi connectivity index (χ1n) is 16.3. The maximum Gasteiger partial charge on any atom is 0.333 e. The molecule has 0 bridgehead atoms. The van der Waals surface area contributed by atoms with Gasteiger partial charge < -0.3 is 19.1 Å². The Morgan fingerprint density at radius 3 is 2.09 bits per heavy atom. The second-order valence-corrected chi connectivity index (χ2v) is 12.9. The topological polar surface area (TPSA) is 87.8 Å². The summed E-state index contributed by atoms with van der Waals surface area (Å²) in [4.78, 5) is 33.7. The highest BCUT2D eigenvalue weighted by molar-refractivity contribution is 5.83. The summed E-state index contributed by atoms with van der Waals surface area (Å²) < 4.78 is 21.4. The van der Waals surface area contributed by atoms with Crippen molar-refractivity contribution >= 4 is 22.7 Å². The van der Waals surface area contributed by atoms with Crippen molar-refractivity contribution in [2.45, 2.75) is 65.9 Å². The summed E-state index contributed by atoms with van der Waals surface area (Å²) in [5.74, 6) is 0.486. The molecule has 1 fully saturated rings. The lowest BCUT2D eigenvalue weighted by Gasteiger charge is -2.34. The number of aryl methyl sites for hydroxylation is 1. The van der Waals surface area contributed by atoms with E-state index in [4.69, 9.17) is 19.2 Å². The number of piperidine rings is 1. The number of pyridine rings is 1. The fourth-order valence-electron chi connectivity index (χ4n) is 5.97. The zero-order valence-electron chi connectivity index (χ0n) is 27.5. The Morgan fingerprint density at radius 2 is 1.47 bits per heavy atom. The Hall–Kier alpha value is -5.05. The molecule has 5 aromatic rings. The molecule has 244 valence electrons. The molecule has 1 saturated heterocycles. The first kappa shape index (κ1) is 31.9. The number of anilines is 1. The minimum absolute atomic E-state index is 0.106. The minimum Gasteiger partial charge on any atom is -0.473 e. The van der Waals surface area contributed by atoms with Gasteiger partial charge in [0.1, 0.15) is 24.5 Å². The highest BCUT2D eigenvalue weighted by Gasteiger charge is 2.29. The summed E-state index contributed by atoms with van der Waals surface area (Å²) >= 11 is 0. The van der Waals surface area contributed by atoms with Gasteiger partial charge in [-0.25, -0.2) is 4.79 Å². The van der Waals surface area contributed by atoms with E-state index in [-0.39, 0.29) is 24.2 Å². The van der Waals surface area contributed by atoms with Crippen LogP contribution >= 0.6 is 0 Å². The number of hydrogen-bond acceptors (Lipinski definition) is 7. The molecule has 0 spiro atoms. The smallest absolute Gasteiger partial charge is 0.333 e. The number of benzene rings is 3. The number of esters is 1. The van der Waals surface area contributed by atoms with Crippen molar-refractivity contribution in [1.82, 2.24) is 14.1 Å². The summed E-state index contributed by atoms with van der Waals surface area (Å²) in [5, 5.41) is 0. The van der Waals surface area contributed by atoms with Gasteiger partial charge in [0.05, 0.1) is 17.0 Å². The van der Waals surface area contributed by atoms with Crippen LogP contribution in [0.3, 0.4) is 0 Å². The number of carbonyl (C=O) groups excluding carboxylic acids is 1. The number of fused-ring (bicyclic) bond motifs is 1. The predicted molar refractivity (Wildman–Crippen MR) is 183 cm³/mol. The molecule has 1 aliphatic heterocycles. The van der Waals surface area contributed by atoms with Gasteiger partial charge in [0.25, 0.3) is 0 Å². The monoisotopic (exact) mass is 634 g/mol. The van der Waals surface area contributed by atoms with Crippen molar-refractivity contribution in [3.05, 3.63) is 113 Å². The second-order valence-electron chi connectivity index (χ2n) is 12.9. The first-order chi connectivity index (χ1) is 22.7. The molecule has 9 heteroatoms. The van der Waals surface area contributed by atoms with Crippen molar-refractivity contribution in [3.8, 4) is 17.4 Å². The molecule has 0 N–H and O–H groups in total. The average Bonchev–Trinajstić information content (AvgIpc) is 3.36. The molecular formula is C38H42N4O5. The van der Waals surface area contributed by atoms with E-state index in [1.54, 1.807) is 15.2 Å². The van der Waals surface area contributed by atoms with Crippen LogP contribution < -0.4 is 20.1 Å². The number of hydrogen-bond donors (Lipinski definition) is 0. The number of carbonyl (C=O) groups is 1. The van der Waals surface area contributed by atoms with E-state index in [2.05, 4.69) is 11.0 Å². The largest absolute Gasteiger partial charge is 0.473 e. The van der Waals surface area contributed by atoms with Crippen LogP contribution in [0.5, 0.6) is 11.8 Å². The van der Waals surface area contributed by atoms with Crippen molar-refractivity contribution in [3.63, 3.8) is 0 Å². The Morgan fingerprint density at radius 1 is 0.830 bits per heavy atom. The maximum atomic E-state index is 14.0. The van der Waals surface area contributed by atoms with Gasteiger partial charge in [-0.2, -0.15) is 4.98 Å². The lowest BCUT2D eigenvalue weighted by atomic mass is 9.96. The Balaban J connectivity index is 1.30. The molecule has 0 radical (unpaired) electrons. The normalized spacial score (nSPS) is 13.9. The van der Waals surface area contributed by atoms with Crippen molar-refractivity contribution in [2.75, 3.05) is 18.0 Å². The number of imidazole rings is 1. The molecule has 0 unspecified atom stereocenters. The van der Waals surface area contributed by atoms with E-state index < -0.39 is 5.60 Å². The molecule has 2 aromatic heterocycles. The standard InChI is InChI=1S/C38H42N4O5/c1-5-41-33-24-30(40-22-20-29(21-23-40)36(43)47-38(2,3)4)16-17-31(33)42(37(41)44)32-18-19-34(45-25-27-12-8-6-9-13-27)39-35(32)46-26-28-14-10-7-11-15-28/h6-19,24,29H,5,20-23,25-26H2,1-4H3. The highest BCUT2D eigenvalue weighted by atomic mass is 16.6. The van der Waals surface area contributed by atoms with E-state index >= 15 is 0 Å². The van der Waals surface area contributed by atoms with Gasteiger partial charge in [-0.1, -0.05) is 60.7 Å². The van der Waals surface area contributed by atoms with Crippen molar-refractivity contribution in [1.29, 1.82) is 0 Å². The number of ether oxygens (including phenoxy) is 3. The molecule has 0 amide bonds. The van der Waals surface area contributed by atoms with E-state index in [9.17, 15) is 9.59 Å². The molecule has 0 saturated carbocycles. The molecule has 6 rings (SSSR count). The van der Waals surface area contributed by atoms with E-state index in [0.29, 0.717) is 30.6 Å². The SMILES string of the molecule is CCn1c(=O)n(-c2ccc(OCc3ccccc3)nc2OCc2ccccc2)c2ccc(N3CCC(C(=O)OC(C)(C)C)CC3)cc21. The van der Waals surface area contributed by atoms with E-state index in [1.807, 2.05) is 107 Å². The molecular weight excluding hydrogens is 592 g/mol. The van der Waals surface area contributed by atoms with Crippen LogP contribution in [0.1, 0.15) is 51.7 Å². The van der Waals surface area contributed by atoms with Gasteiger partial charge in [-0.15, -0.1) is 0 Å². The fourth-order valence-corrected chi connectivity index (χ4v) is 5.97. The Labute approximate surface area is 275 Å². The molecule has 3 aromatic carbocycles. The van der Waals surface area contributed by atoms with E-state index in [0.717, 1.165) is 53.8 Å². The Kier molecular flexibility index (Phi) is 9.33. The fraction of sp³-hybridized carbons (Fsp3) is 0.342. The summed E-state index contributed by atoms with van der Waals surface area (Å²) in [7, 11) is 0. The van der Waals surface area contributed by atoms with Gasteiger partial charge in [0, 0.05) is 31.4 Å². The number of nitrogens with zero attached hydrogens (tertiary/aromatic N) is 4. The molecule has 1 aliphatic rings. The van der Waals surface area contributed by atoms with Crippen LogP contribution in [-0.2, 0) is 29.3 Å². The molecule has 9 nitrogen and oxygen atoms in total. The van der Waals surface area contributed by atoms with Crippen molar-refractivity contribution < 1.29 is 19.0 Å². The van der Waals surface area contributed by atoms with Gasteiger partial charge in [0.15, 0.2) is 0 Å². The summed E-state index contributed by atoms with van der Waals surface area (Å²) in [6.07, 6.45) is 1.45. The van der Waals surface area contributed by atoms with Gasteiger partial charge >= 0.3 is 11.7 Å². The van der Waals surface area contributed by atoms with Gasteiger partial charge in [0.2, 0.25) is 11.8 Å². The summed E-state index contributed by atoms with van der Waals surface area (Å²) in [5.41, 5.74) is 4.48. The average molecular weight is 635 g/mol. The summed E-state index contributed by atoms with van der Waals surface area (Å²) in [6, 6.07) is 29.5. The van der Waals surface area contributed by atoms with E-state index in [1.165, 1.54) is 0 Å². The Bertz CT molecular complexity index is 1890. The third-order valence-corrected chi connectivity index (χ3v) is 8.33. The molecule has 3 heterocycles. The zero-order valence-corrected chi connectivity index (χ0v) is 27.5. The first-order valence-corrected chi connectivity index (χ1v) is 16.3. The number of aromatic nitrogens is 3. The lowest BCUT2D eigenvalue weighted by molar-refractivity contribution is -0.160. The summed E-state index contributed by atoms with van der Waals surface area (Å²) in [6.45, 7) is 10.3. The second kappa shape index (κ2) is 13.7. The number of rotatable bonds is 10. The van der Waals surface area contributed by atoms with Crippen LogP contribution in [0.4, 0.5) is 5.69 Å². The van der Waals surface area contributed by atoms with Crippen LogP contribution in [0.2, 0.25) is 0 Å². The molecule has 0 atom stereocenters. The zero-order chi connectivity index (χ0) is 33.0. The van der Waals surface area contributed by atoms with Crippen molar-refractivity contribution in [2.24, 2.45) is 5.92 Å². The third-order valence-electron chi connectivity index (χ3n) is 8.33. The van der Waals surface area contributed by atoms with Crippen LogP contribution in [0.25, 0.3) is 16.7 Å². The molecule has 0 aliphatic carbocycles. The highest BCUT2D eigenvalue weighted by Crippen LogP contribution is 2.31.